The van der Waals surface area contributed by atoms with Crippen molar-refractivity contribution in [2.75, 3.05) is 5.73 Å². The summed E-state index contributed by atoms with van der Waals surface area (Å²) in [6, 6.07) is 4.58. The lowest BCUT2D eigenvalue weighted by atomic mass is 10.0. The topological polar surface area (TPSA) is 43.1 Å². The third-order valence-corrected chi connectivity index (χ3v) is 3.85. The molecular weight excluding hydrogens is 375 g/mol. The Hall–Kier alpha value is -1.17. The number of hydrogen-bond donors (Lipinski definition) is 1. The highest BCUT2D eigenvalue weighted by atomic mass is 79.9. The molecule has 0 saturated carbocycles. The van der Waals surface area contributed by atoms with Crippen LogP contribution in [0.1, 0.15) is 15.9 Å². The van der Waals surface area contributed by atoms with E-state index in [1.54, 1.807) is 0 Å². The van der Waals surface area contributed by atoms with Crippen molar-refractivity contribution in [1.82, 2.24) is 0 Å². The third kappa shape index (κ3) is 2.66. The number of nitrogen functional groups attached to an aromatic ring is 1. The van der Waals surface area contributed by atoms with Gasteiger partial charge in [-0.3, -0.25) is 4.79 Å². The number of nitrogens with two attached hydrogens (primary N) is 1. The van der Waals surface area contributed by atoms with Crippen LogP contribution in [-0.2, 0) is 0 Å². The number of carbonyl (C=O) groups is 1. The monoisotopic (exact) mass is 379 g/mol. The molecule has 2 N–H and O–H groups in total. The van der Waals surface area contributed by atoms with E-state index in [-0.39, 0.29) is 25.8 Å². The summed E-state index contributed by atoms with van der Waals surface area (Å²) in [6.45, 7) is 0. The molecule has 0 spiro atoms. The van der Waals surface area contributed by atoms with E-state index in [0.717, 1.165) is 6.07 Å². The minimum absolute atomic E-state index is 0.0186. The second kappa shape index (κ2) is 5.68. The number of carbonyl (C=O) groups excluding carboxylic acids is 1. The molecule has 0 bridgehead atoms. The number of ketones is 1. The fourth-order valence-corrected chi connectivity index (χ4v) is 2.41. The minimum atomic E-state index is -0.987. The highest BCUT2D eigenvalue weighted by Crippen LogP contribution is 2.31. The SMILES string of the molecule is Nc1c(Cl)cc(C(=O)c2c(F)ccc(Br)c2F)cc1Cl. The van der Waals surface area contributed by atoms with Gasteiger partial charge in [0.05, 0.1) is 25.8 Å². The van der Waals surface area contributed by atoms with Gasteiger partial charge in [0, 0.05) is 5.56 Å². The fraction of sp³-hybridized carbons (Fsp3) is 0. The van der Waals surface area contributed by atoms with Crippen LogP contribution in [0.4, 0.5) is 14.5 Å². The maximum atomic E-state index is 13.9. The summed E-state index contributed by atoms with van der Waals surface area (Å²) in [7, 11) is 0. The van der Waals surface area contributed by atoms with Gasteiger partial charge >= 0.3 is 0 Å². The molecule has 7 heteroatoms. The van der Waals surface area contributed by atoms with E-state index in [0.29, 0.717) is 0 Å². The normalized spacial score (nSPS) is 10.7. The first-order valence-corrected chi connectivity index (χ1v) is 6.80. The van der Waals surface area contributed by atoms with Crippen molar-refractivity contribution >= 4 is 50.6 Å². The smallest absolute Gasteiger partial charge is 0.199 e. The first kappa shape index (κ1) is 15.2. The summed E-state index contributed by atoms with van der Waals surface area (Å²) < 4.78 is 27.5. The molecule has 0 heterocycles. The van der Waals surface area contributed by atoms with Crippen LogP contribution in [0.15, 0.2) is 28.7 Å². The lowest BCUT2D eigenvalue weighted by Gasteiger charge is -2.08. The maximum Gasteiger partial charge on any atom is 0.199 e. The van der Waals surface area contributed by atoms with Crippen molar-refractivity contribution < 1.29 is 13.6 Å². The molecule has 0 fully saturated rings. The second-order valence-corrected chi connectivity index (χ2v) is 5.57. The Labute approximate surface area is 131 Å². The number of benzene rings is 2. The Morgan fingerprint density at radius 1 is 1.15 bits per heavy atom. The molecule has 2 rings (SSSR count). The van der Waals surface area contributed by atoms with Crippen LogP contribution < -0.4 is 5.73 Å². The van der Waals surface area contributed by atoms with Crippen LogP contribution in [0.25, 0.3) is 0 Å². The van der Waals surface area contributed by atoms with Gasteiger partial charge in [-0.05, 0) is 40.2 Å². The van der Waals surface area contributed by atoms with Crippen LogP contribution in [0, 0.1) is 11.6 Å². The Bertz CT molecular complexity index is 699. The number of rotatable bonds is 2. The van der Waals surface area contributed by atoms with E-state index in [1.165, 1.54) is 18.2 Å². The van der Waals surface area contributed by atoms with Crippen LogP contribution in [-0.4, -0.2) is 5.78 Å². The highest BCUT2D eigenvalue weighted by molar-refractivity contribution is 9.10. The summed E-state index contributed by atoms with van der Waals surface area (Å²) in [5.74, 6) is -2.83. The predicted molar refractivity (Wildman–Crippen MR) is 78.4 cm³/mol. The van der Waals surface area contributed by atoms with Crippen LogP contribution in [0.2, 0.25) is 10.0 Å². The van der Waals surface area contributed by atoms with Gasteiger partial charge in [0.2, 0.25) is 0 Å². The summed E-state index contributed by atoms with van der Waals surface area (Å²) >= 11 is 14.5. The fourth-order valence-electron chi connectivity index (χ4n) is 1.59. The van der Waals surface area contributed by atoms with Crippen molar-refractivity contribution in [3.63, 3.8) is 0 Å². The van der Waals surface area contributed by atoms with Crippen molar-refractivity contribution in [1.29, 1.82) is 0 Å². The zero-order valence-electron chi connectivity index (χ0n) is 9.68. The molecule has 20 heavy (non-hydrogen) atoms. The lowest BCUT2D eigenvalue weighted by Crippen LogP contribution is -2.08. The molecule has 0 aromatic heterocycles. The van der Waals surface area contributed by atoms with Crippen molar-refractivity contribution in [3.8, 4) is 0 Å². The predicted octanol–water partition coefficient (Wildman–Crippen LogP) is 4.85. The molecule has 0 aliphatic rings. The molecule has 2 aromatic rings. The Morgan fingerprint density at radius 3 is 2.25 bits per heavy atom. The van der Waals surface area contributed by atoms with Gasteiger partial charge in [0.1, 0.15) is 5.82 Å². The van der Waals surface area contributed by atoms with E-state index < -0.39 is 23.0 Å². The van der Waals surface area contributed by atoms with E-state index in [4.69, 9.17) is 28.9 Å². The Balaban J connectivity index is 2.61. The van der Waals surface area contributed by atoms with Crippen molar-refractivity contribution in [2.45, 2.75) is 0 Å². The molecule has 0 aliphatic heterocycles. The molecule has 0 atom stereocenters. The van der Waals surface area contributed by atoms with Gasteiger partial charge in [0.25, 0.3) is 0 Å². The van der Waals surface area contributed by atoms with E-state index >= 15 is 0 Å². The first-order valence-electron chi connectivity index (χ1n) is 5.25. The first-order chi connectivity index (χ1) is 9.32. The van der Waals surface area contributed by atoms with Crippen molar-refractivity contribution in [2.24, 2.45) is 0 Å². The molecular formula is C13H6BrCl2F2NO. The Morgan fingerprint density at radius 2 is 1.70 bits per heavy atom. The summed E-state index contributed by atoms with van der Waals surface area (Å²) in [4.78, 5) is 12.2. The van der Waals surface area contributed by atoms with E-state index in [9.17, 15) is 13.6 Å². The number of anilines is 1. The second-order valence-electron chi connectivity index (χ2n) is 3.90. The van der Waals surface area contributed by atoms with Gasteiger partial charge in [0.15, 0.2) is 11.6 Å². The molecule has 2 aromatic carbocycles. The van der Waals surface area contributed by atoms with E-state index in [1.807, 2.05) is 0 Å². The van der Waals surface area contributed by atoms with Crippen LogP contribution in [0.3, 0.4) is 0 Å². The van der Waals surface area contributed by atoms with Crippen LogP contribution in [0.5, 0.6) is 0 Å². The van der Waals surface area contributed by atoms with Gasteiger partial charge in [-0.2, -0.15) is 0 Å². The molecule has 0 aliphatic carbocycles. The highest BCUT2D eigenvalue weighted by Gasteiger charge is 2.22. The van der Waals surface area contributed by atoms with Crippen LogP contribution >= 0.6 is 39.1 Å². The standard InChI is InChI=1S/C13H6BrCl2F2NO/c14-6-1-2-9(17)10(11(6)18)13(20)5-3-7(15)12(19)8(16)4-5/h1-4H,19H2. The van der Waals surface area contributed by atoms with Crippen molar-refractivity contribution in [3.05, 3.63) is 61.5 Å². The third-order valence-electron chi connectivity index (χ3n) is 2.61. The average Bonchev–Trinajstić information content (AvgIpc) is 2.40. The summed E-state index contributed by atoms with van der Waals surface area (Å²) in [5, 5.41) is 0.0772. The summed E-state index contributed by atoms with van der Waals surface area (Å²) in [5.41, 5.74) is 4.91. The maximum absolute atomic E-state index is 13.9. The quantitative estimate of drug-likeness (QED) is 0.460. The summed E-state index contributed by atoms with van der Waals surface area (Å²) in [6.07, 6.45) is 0. The van der Waals surface area contributed by atoms with Gasteiger partial charge in [-0.1, -0.05) is 23.2 Å². The van der Waals surface area contributed by atoms with Gasteiger partial charge < -0.3 is 5.73 Å². The molecule has 0 radical (unpaired) electrons. The molecule has 0 amide bonds. The lowest BCUT2D eigenvalue weighted by molar-refractivity contribution is 0.103. The average molecular weight is 381 g/mol. The molecule has 2 nitrogen and oxygen atoms in total. The molecule has 104 valence electrons. The van der Waals surface area contributed by atoms with Gasteiger partial charge in [-0.15, -0.1) is 0 Å². The molecule has 0 unspecified atom stereocenters. The van der Waals surface area contributed by atoms with Gasteiger partial charge in [-0.25, -0.2) is 8.78 Å². The number of halogens is 5. The largest absolute Gasteiger partial charge is 0.396 e. The zero-order valence-corrected chi connectivity index (χ0v) is 12.8. The zero-order chi connectivity index (χ0) is 15.0. The van der Waals surface area contributed by atoms with E-state index in [2.05, 4.69) is 15.9 Å². The Kier molecular flexibility index (Phi) is 4.32. The molecule has 0 saturated heterocycles. The minimum Gasteiger partial charge on any atom is -0.396 e. The number of hydrogen-bond acceptors (Lipinski definition) is 2.